The maximum absolute atomic E-state index is 12.2. The Kier molecular flexibility index (Phi) is 19.2. The molecular weight excluding hydrogens is 539 g/mol. The van der Waals surface area contributed by atoms with Gasteiger partial charge in [-0.1, -0.05) is 0 Å². The second-order valence-electron chi connectivity index (χ2n) is 6.50. The first-order valence-corrected chi connectivity index (χ1v) is 20.1. The fourth-order valence-corrected chi connectivity index (χ4v) is 9.98. The zero-order chi connectivity index (χ0) is 22.0. The van der Waals surface area contributed by atoms with Gasteiger partial charge in [-0.2, -0.15) is 0 Å². The van der Waals surface area contributed by atoms with Gasteiger partial charge in [0.2, 0.25) is 0 Å². The van der Waals surface area contributed by atoms with Gasteiger partial charge in [0.15, 0.2) is 0 Å². The molecule has 0 aromatic carbocycles. The molecule has 29 heavy (non-hydrogen) atoms. The number of unbranched alkanes of at least 4 members (excludes halogenated alkanes) is 3. The molecular formula is C19H36O6S3Sn. The van der Waals surface area contributed by atoms with E-state index in [1.54, 1.807) is 0 Å². The Balaban J connectivity index is 4.71. The van der Waals surface area contributed by atoms with E-state index in [9.17, 15) is 14.4 Å². The van der Waals surface area contributed by atoms with E-state index in [1.807, 2.05) is 0 Å². The average molecular weight is 575 g/mol. The summed E-state index contributed by atoms with van der Waals surface area (Å²) in [6, 6.07) is 0. The van der Waals surface area contributed by atoms with E-state index in [4.69, 9.17) is 9.22 Å². The van der Waals surface area contributed by atoms with Gasteiger partial charge in [-0.15, -0.1) is 0 Å². The Labute approximate surface area is 194 Å². The Morgan fingerprint density at radius 3 is 1.14 bits per heavy atom. The summed E-state index contributed by atoms with van der Waals surface area (Å²) < 4.78 is 16.4. The molecule has 0 aromatic rings. The molecule has 0 bridgehead atoms. The van der Waals surface area contributed by atoms with Crippen molar-refractivity contribution in [2.24, 2.45) is 0 Å². The van der Waals surface area contributed by atoms with Crippen LogP contribution in [0.2, 0.25) is 4.94 Å². The van der Waals surface area contributed by atoms with Gasteiger partial charge >= 0.3 is 195 Å². The average Bonchev–Trinajstić information content (AvgIpc) is 2.65. The van der Waals surface area contributed by atoms with Crippen molar-refractivity contribution in [3.63, 3.8) is 0 Å². The number of hydrogen-bond acceptors (Lipinski definition) is 9. The number of carbonyl (C=O) groups is 3. The standard InChI is InChI=1S/3C6H12O2S.CH3.Sn/c3*1-2-3-4-9-5-6(7)8;;/h3*2-5H2,1H3,(H,7,8);1H3;/q;;;;+3/p-3. The molecule has 0 rings (SSSR count). The van der Waals surface area contributed by atoms with Crippen LogP contribution in [0.3, 0.4) is 0 Å². The van der Waals surface area contributed by atoms with E-state index in [1.165, 1.54) is 40.2 Å². The van der Waals surface area contributed by atoms with Crippen LogP contribution in [0.1, 0.15) is 59.3 Å². The van der Waals surface area contributed by atoms with Crippen molar-refractivity contribution in [1.29, 1.82) is 0 Å². The van der Waals surface area contributed by atoms with Crippen LogP contribution in [0.25, 0.3) is 0 Å². The van der Waals surface area contributed by atoms with Gasteiger partial charge in [0.25, 0.3) is 0 Å². The summed E-state index contributed by atoms with van der Waals surface area (Å²) in [7, 11) is 0. The molecule has 10 heteroatoms. The first-order chi connectivity index (χ1) is 13.9. The molecule has 0 spiro atoms. The minimum absolute atomic E-state index is 0.165. The molecule has 0 heterocycles. The molecule has 170 valence electrons. The van der Waals surface area contributed by atoms with Crippen LogP contribution in [0.4, 0.5) is 0 Å². The van der Waals surface area contributed by atoms with Gasteiger partial charge in [0.1, 0.15) is 0 Å². The first kappa shape index (κ1) is 29.3. The molecule has 0 radical (unpaired) electrons. The molecule has 0 fully saturated rings. The normalized spacial score (nSPS) is 11.2. The number of carbonyl (C=O) groups excluding carboxylic acids is 3. The first-order valence-electron chi connectivity index (χ1n) is 10.3. The van der Waals surface area contributed by atoms with Crippen LogP contribution in [-0.4, -0.2) is 72.0 Å². The van der Waals surface area contributed by atoms with Gasteiger partial charge in [-0.25, -0.2) is 0 Å². The van der Waals surface area contributed by atoms with Crippen LogP contribution in [0.15, 0.2) is 0 Å². The third-order valence-corrected chi connectivity index (χ3v) is 11.7. The Hall–Kier alpha value is 0.259. The summed E-state index contributed by atoms with van der Waals surface area (Å²) in [4.78, 5) is 38.1. The third kappa shape index (κ3) is 17.6. The molecule has 6 nitrogen and oxygen atoms in total. The Morgan fingerprint density at radius 1 is 0.621 bits per heavy atom. The van der Waals surface area contributed by atoms with Crippen molar-refractivity contribution < 1.29 is 23.6 Å². The zero-order valence-electron chi connectivity index (χ0n) is 18.2. The zero-order valence-corrected chi connectivity index (χ0v) is 23.5. The molecule has 0 saturated carbocycles. The summed E-state index contributed by atoms with van der Waals surface area (Å²) >= 11 is -0.183. The summed E-state index contributed by atoms with van der Waals surface area (Å²) in [5, 5.41) is 0. The van der Waals surface area contributed by atoms with E-state index in [0.29, 0.717) is 0 Å². The van der Waals surface area contributed by atoms with Crippen LogP contribution in [-0.2, 0) is 23.6 Å². The van der Waals surface area contributed by atoms with Crippen molar-refractivity contribution in [3.05, 3.63) is 0 Å². The second-order valence-corrected chi connectivity index (χ2v) is 16.5. The van der Waals surface area contributed by atoms with Gasteiger partial charge in [0, 0.05) is 0 Å². The maximum atomic E-state index is 12.2. The molecule has 0 N–H and O–H groups in total. The predicted molar refractivity (Wildman–Crippen MR) is 127 cm³/mol. The van der Waals surface area contributed by atoms with E-state index >= 15 is 0 Å². The monoisotopic (exact) mass is 576 g/mol. The van der Waals surface area contributed by atoms with Gasteiger partial charge in [0.05, 0.1) is 0 Å². The molecule has 0 aliphatic rings. The van der Waals surface area contributed by atoms with Crippen LogP contribution >= 0.6 is 35.3 Å². The number of rotatable bonds is 18. The molecule has 0 aromatic heterocycles. The molecule has 0 aliphatic carbocycles. The van der Waals surface area contributed by atoms with E-state index in [-0.39, 0.29) is 17.3 Å². The van der Waals surface area contributed by atoms with Crippen molar-refractivity contribution in [1.82, 2.24) is 0 Å². The molecule has 0 saturated heterocycles. The van der Waals surface area contributed by atoms with E-state index in [0.717, 1.165) is 55.8 Å². The van der Waals surface area contributed by atoms with Gasteiger partial charge in [-0.3, -0.25) is 0 Å². The fourth-order valence-electron chi connectivity index (χ4n) is 1.98. The number of thioether (sulfide) groups is 3. The van der Waals surface area contributed by atoms with Crippen molar-refractivity contribution in [3.8, 4) is 0 Å². The van der Waals surface area contributed by atoms with Crippen LogP contribution < -0.4 is 0 Å². The van der Waals surface area contributed by atoms with Crippen LogP contribution in [0, 0.1) is 0 Å². The van der Waals surface area contributed by atoms with Crippen molar-refractivity contribution in [2.75, 3.05) is 34.5 Å². The van der Waals surface area contributed by atoms with E-state index < -0.39 is 37.5 Å². The van der Waals surface area contributed by atoms with E-state index in [2.05, 4.69) is 20.8 Å². The summed E-state index contributed by atoms with van der Waals surface area (Å²) in [6.07, 6.45) is 6.23. The third-order valence-electron chi connectivity index (χ3n) is 3.48. The minimum atomic E-state index is -4.60. The molecule has 0 atom stereocenters. The molecule has 0 amide bonds. The number of hydrogen-bond donors (Lipinski definition) is 0. The van der Waals surface area contributed by atoms with Crippen molar-refractivity contribution in [2.45, 2.75) is 64.2 Å². The van der Waals surface area contributed by atoms with Crippen molar-refractivity contribution >= 4 is 72.8 Å². The van der Waals surface area contributed by atoms with Gasteiger partial charge < -0.3 is 0 Å². The second kappa shape index (κ2) is 19.0. The summed E-state index contributed by atoms with van der Waals surface area (Å²) in [5.41, 5.74) is 0. The molecule has 0 aliphatic heterocycles. The Bertz CT molecular complexity index is 414. The van der Waals surface area contributed by atoms with Gasteiger partial charge in [-0.05, 0) is 0 Å². The SMILES string of the molecule is CCCCSCC(=O)[O][Sn]([CH3])([O]C(=O)CSCCCC)[O]C(=O)CSCCCC. The fraction of sp³-hybridized carbons (Fsp3) is 0.842. The summed E-state index contributed by atoms with van der Waals surface area (Å²) in [6.45, 7) is 6.26. The Morgan fingerprint density at radius 2 is 0.897 bits per heavy atom. The summed E-state index contributed by atoms with van der Waals surface area (Å²) in [5.74, 6) is 1.62. The predicted octanol–water partition coefficient (Wildman–Crippen LogP) is 4.78. The van der Waals surface area contributed by atoms with Crippen LogP contribution in [0.5, 0.6) is 0 Å². The topological polar surface area (TPSA) is 78.9 Å². The quantitative estimate of drug-likeness (QED) is 0.170. The molecule has 0 unspecified atom stereocenters.